The van der Waals surface area contributed by atoms with E-state index in [-0.39, 0.29) is 46.0 Å². The molecule has 0 aliphatic rings. The fourth-order valence-electron chi connectivity index (χ4n) is 3.63. The van der Waals surface area contributed by atoms with Crippen LogP contribution in [0.25, 0.3) is 22.3 Å². The Labute approximate surface area is 213 Å². The molecule has 0 fully saturated rings. The molecule has 0 amide bonds. The van der Waals surface area contributed by atoms with E-state index >= 15 is 0 Å². The Balaban J connectivity index is 1.91. The maximum Gasteiger partial charge on any atom is 0.416 e. The van der Waals surface area contributed by atoms with Gasteiger partial charge in [-0.3, -0.25) is 14.9 Å². The van der Waals surface area contributed by atoms with E-state index in [2.05, 4.69) is 16.7 Å². The van der Waals surface area contributed by atoms with Crippen LogP contribution in [0.3, 0.4) is 0 Å². The molecule has 0 saturated carbocycles. The lowest BCUT2D eigenvalue weighted by Crippen LogP contribution is -2.20. The van der Waals surface area contributed by atoms with Crippen LogP contribution in [0.2, 0.25) is 0 Å². The SMILES string of the molecule is C=CCOc1c(OC)cc(C=Nn2c(-c3cccc(C(F)(F)F)c3)nc3ccccc3c2=O)cc1[N+](=O)[O-]. The van der Waals surface area contributed by atoms with E-state index < -0.39 is 27.9 Å². The van der Waals surface area contributed by atoms with Gasteiger partial charge in [-0.05, 0) is 30.3 Å². The molecule has 4 rings (SSSR count). The summed E-state index contributed by atoms with van der Waals surface area (Å²) in [6, 6.07) is 13.2. The summed E-state index contributed by atoms with van der Waals surface area (Å²) in [5.74, 6) is -0.239. The lowest BCUT2D eigenvalue weighted by Gasteiger charge is -2.12. The predicted octanol–water partition coefficient (Wildman–Crippen LogP) is 5.45. The molecular weight excluding hydrogens is 505 g/mol. The predicted molar refractivity (Wildman–Crippen MR) is 135 cm³/mol. The molecule has 0 aliphatic heterocycles. The van der Waals surface area contributed by atoms with Crippen LogP contribution in [0.15, 0.2) is 83.2 Å². The number of alkyl halides is 3. The van der Waals surface area contributed by atoms with Gasteiger partial charge in [-0.15, -0.1) is 0 Å². The average molecular weight is 524 g/mol. The van der Waals surface area contributed by atoms with E-state index in [1.165, 1.54) is 37.5 Å². The highest BCUT2D eigenvalue weighted by molar-refractivity contribution is 5.84. The first-order valence-electron chi connectivity index (χ1n) is 11.0. The van der Waals surface area contributed by atoms with Crippen LogP contribution in [0.1, 0.15) is 11.1 Å². The molecule has 3 aromatic carbocycles. The van der Waals surface area contributed by atoms with Crippen molar-refractivity contribution >= 4 is 22.8 Å². The smallest absolute Gasteiger partial charge is 0.416 e. The Kier molecular flexibility index (Phi) is 7.24. The summed E-state index contributed by atoms with van der Waals surface area (Å²) in [7, 11) is 1.30. The summed E-state index contributed by atoms with van der Waals surface area (Å²) in [4.78, 5) is 28.7. The average Bonchev–Trinajstić information content (AvgIpc) is 2.90. The molecule has 12 heteroatoms. The summed E-state index contributed by atoms with van der Waals surface area (Å²) >= 11 is 0. The molecular formula is C26H19F3N4O5. The summed E-state index contributed by atoms with van der Waals surface area (Å²) in [5.41, 5.74) is -1.58. The van der Waals surface area contributed by atoms with Crippen LogP contribution < -0.4 is 15.0 Å². The Morgan fingerprint density at radius 2 is 1.92 bits per heavy atom. The standard InChI is InChI=1S/C26H19F3N4O5/c1-3-11-38-23-21(33(35)36)12-16(13-22(23)37-2)15-30-32-24(17-7-6-8-18(14-17)26(27,28)29)31-20-10-5-4-9-19(20)25(32)34/h3-10,12-15H,1,11H2,2H3. The normalized spacial score (nSPS) is 11.6. The molecule has 1 aromatic heterocycles. The van der Waals surface area contributed by atoms with Crippen LogP contribution in [0, 0.1) is 10.1 Å². The third kappa shape index (κ3) is 5.24. The second kappa shape index (κ2) is 10.5. The maximum absolute atomic E-state index is 13.4. The van der Waals surface area contributed by atoms with Crippen molar-refractivity contribution in [3.63, 3.8) is 0 Å². The molecule has 0 radical (unpaired) electrons. The van der Waals surface area contributed by atoms with Gasteiger partial charge in [-0.2, -0.15) is 22.9 Å². The molecule has 1 heterocycles. The molecule has 194 valence electrons. The third-order valence-corrected chi connectivity index (χ3v) is 5.34. The van der Waals surface area contributed by atoms with Crippen LogP contribution in [-0.4, -0.2) is 34.5 Å². The van der Waals surface area contributed by atoms with E-state index in [1.807, 2.05) is 0 Å². The number of nitro benzene ring substituents is 1. The maximum atomic E-state index is 13.4. The number of aromatic nitrogens is 2. The van der Waals surface area contributed by atoms with E-state index in [9.17, 15) is 28.1 Å². The number of methoxy groups -OCH3 is 1. The number of nitro groups is 1. The van der Waals surface area contributed by atoms with Crippen LogP contribution in [-0.2, 0) is 6.18 Å². The lowest BCUT2D eigenvalue weighted by atomic mass is 10.1. The summed E-state index contributed by atoms with van der Waals surface area (Å²) in [6.07, 6.45) is -2.07. The first kappa shape index (κ1) is 26.1. The molecule has 38 heavy (non-hydrogen) atoms. The Hall–Kier alpha value is -5.00. The van der Waals surface area contributed by atoms with E-state index in [0.717, 1.165) is 29.1 Å². The summed E-state index contributed by atoms with van der Waals surface area (Å²) < 4.78 is 51.6. The van der Waals surface area contributed by atoms with Crippen LogP contribution >= 0.6 is 0 Å². The fraction of sp³-hybridized carbons (Fsp3) is 0.115. The molecule has 0 N–H and O–H groups in total. The highest BCUT2D eigenvalue weighted by Crippen LogP contribution is 2.38. The van der Waals surface area contributed by atoms with Crippen molar-refractivity contribution in [3.8, 4) is 22.9 Å². The van der Waals surface area contributed by atoms with E-state index in [0.29, 0.717) is 0 Å². The highest BCUT2D eigenvalue weighted by Gasteiger charge is 2.31. The van der Waals surface area contributed by atoms with Crippen molar-refractivity contribution in [2.24, 2.45) is 5.10 Å². The summed E-state index contributed by atoms with van der Waals surface area (Å²) in [5, 5.41) is 16.0. The number of fused-ring (bicyclic) bond motifs is 1. The van der Waals surface area contributed by atoms with Crippen molar-refractivity contribution in [3.05, 3.63) is 105 Å². The van der Waals surface area contributed by atoms with Gasteiger partial charge in [-0.25, -0.2) is 4.98 Å². The molecule has 0 unspecified atom stereocenters. The number of para-hydroxylation sites is 1. The monoisotopic (exact) mass is 524 g/mol. The quantitative estimate of drug-likeness (QED) is 0.131. The number of rotatable bonds is 8. The van der Waals surface area contributed by atoms with Gasteiger partial charge >= 0.3 is 11.9 Å². The zero-order chi connectivity index (χ0) is 27.4. The van der Waals surface area contributed by atoms with Gasteiger partial charge in [0, 0.05) is 17.2 Å². The molecule has 0 saturated heterocycles. The first-order chi connectivity index (χ1) is 18.1. The zero-order valence-electron chi connectivity index (χ0n) is 19.8. The molecule has 0 aliphatic carbocycles. The number of nitrogens with zero attached hydrogens (tertiary/aromatic N) is 4. The van der Waals surface area contributed by atoms with Crippen molar-refractivity contribution in [2.45, 2.75) is 6.18 Å². The van der Waals surface area contributed by atoms with Crippen molar-refractivity contribution in [1.82, 2.24) is 9.66 Å². The molecule has 4 aromatic rings. The number of ether oxygens (including phenoxy) is 2. The summed E-state index contributed by atoms with van der Waals surface area (Å²) in [6.45, 7) is 3.50. The van der Waals surface area contributed by atoms with Gasteiger partial charge in [0.15, 0.2) is 11.6 Å². The van der Waals surface area contributed by atoms with Crippen LogP contribution in [0.4, 0.5) is 18.9 Å². The number of hydrogen-bond acceptors (Lipinski definition) is 7. The molecule has 0 bridgehead atoms. The number of halogens is 3. The van der Waals surface area contributed by atoms with E-state index in [1.54, 1.807) is 18.2 Å². The Bertz CT molecular complexity index is 1630. The van der Waals surface area contributed by atoms with Gasteiger partial charge in [-0.1, -0.05) is 36.9 Å². The van der Waals surface area contributed by atoms with Gasteiger partial charge in [0.2, 0.25) is 5.75 Å². The van der Waals surface area contributed by atoms with Gasteiger partial charge in [0.1, 0.15) is 6.61 Å². The fourth-order valence-corrected chi connectivity index (χ4v) is 3.63. The van der Waals surface area contributed by atoms with Gasteiger partial charge < -0.3 is 9.47 Å². The zero-order valence-corrected chi connectivity index (χ0v) is 19.8. The topological polar surface area (TPSA) is 109 Å². The largest absolute Gasteiger partial charge is 0.493 e. The van der Waals surface area contributed by atoms with Crippen molar-refractivity contribution < 1.29 is 27.6 Å². The molecule has 9 nitrogen and oxygen atoms in total. The van der Waals surface area contributed by atoms with Crippen molar-refractivity contribution in [2.75, 3.05) is 13.7 Å². The number of benzene rings is 3. The third-order valence-electron chi connectivity index (χ3n) is 5.34. The highest BCUT2D eigenvalue weighted by atomic mass is 19.4. The minimum Gasteiger partial charge on any atom is -0.493 e. The number of hydrogen-bond donors (Lipinski definition) is 0. The Morgan fingerprint density at radius 3 is 2.61 bits per heavy atom. The van der Waals surface area contributed by atoms with Gasteiger partial charge in [0.05, 0.1) is 34.7 Å². The Morgan fingerprint density at radius 1 is 1.16 bits per heavy atom. The minimum atomic E-state index is -4.62. The van der Waals surface area contributed by atoms with Crippen LogP contribution in [0.5, 0.6) is 11.5 Å². The lowest BCUT2D eigenvalue weighted by molar-refractivity contribution is -0.385. The second-order valence-corrected chi connectivity index (χ2v) is 7.82. The van der Waals surface area contributed by atoms with Gasteiger partial charge in [0.25, 0.3) is 5.56 Å². The van der Waals surface area contributed by atoms with E-state index in [4.69, 9.17) is 9.47 Å². The first-order valence-corrected chi connectivity index (χ1v) is 11.0. The van der Waals surface area contributed by atoms with Crippen molar-refractivity contribution in [1.29, 1.82) is 0 Å². The minimum absolute atomic E-state index is 0.00318. The molecule has 0 atom stereocenters. The molecule has 0 spiro atoms. The second-order valence-electron chi connectivity index (χ2n) is 7.82.